The van der Waals surface area contributed by atoms with Crippen LogP contribution >= 0.6 is 0 Å². The fourth-order valence-electron chi connectivity index (χ4n) is 0.832. The van der Waals surface area contributed by atoms with Gasteiger partial charge in [-0.2, -0.15) is 0 Å². The van der Waals surface area contributed by atoms with Crippen LogP contribution < -0.4 is 4.74 Å². The minimum absolute atomic E-state index is 0.336. The molecule has 1 aromatic rings. The molecule has 0 unspecified atom stereocenters. The molecule has 0 radical (unpaired) electrons. The molecule has 0 saturated carbocycles. The molecule has 1 aromatic heterocycles. The number of nitrogens with zero attached hydrogens (tertiary/aromatic N) is 1. The van der Waals surface area contributed by atoms with E-state index in [0.29, 0.717) is 23.4 Å². The van der Waals surface area contributed by atoms with E-state index < -0.39 is 0 Å². The van der Waals surface area contributed by atoms with E-state index in [4.69, 9.17) is 4.74 Å². The quantitative estimate of drug-likeness (QED) is 0.634. The zero-order valence-electron chi connectivity index (χ0n) is 6.78. The summed E-state index contributed by atoms with van der Waals surface area (Å²) in [7, 11) is 1.47. The lowest BCUT2D eigenvalue weighted by molar-refractivity contribution is 0.112. The number of rotatable bonds is 3. The normalized spacial score (nSPS) is 9.08. The second kappa shape index (κ2) is 3.67. The van der Waals surface area contributed by atoms with Gasteiger partial charge in [0.1, 0.15) is 0 Å². The van der Waals surface area contributed by atoms with Crippen molar-refractivity contribution in [1.82, 2.24) is 4.98 Å². The molecule has 1 rings (SSSR count). The van der Waals surface area contributed by atoms with Gasteiger partial charge >= 0.3 is 0 Å². The van der Waals surface area contributed by atoms with Gasteiger partial charge in [0.25, 0.3) is 0 Å². The fourth-order valence-corrected chi connectivity index (χ4v) is 0.832. The van der Waals surface area contributed by atoms with Gasteiger partial charge in [0.15, 0.2) is 6.29 Å². The Hall–Kier alpha value is -1.64. The first-order valence-electron chi connectivity index (χ1n) is 3.44. The molecular formula is C9H9NO2. The number of carbonyl (C=O) groups excluding carboxylic acids is 1. The summed E-state index contributed by atoms with van der Waals surface area (Å²) in [6.45, 7) is 3.56. The van der Waals surface area contributed by atoms with Crippen LogP contribution in [0.3, 0.4) is 0 Å². The Morgan fingerprint density at radius 1 is 1.58 bits per heavy atom. The number of hydrogen-bond donors (Lipinski definition) is 0. The number of pyridine rings is 1. The van der Waals surface area contributed by atoms with Gasteiger partial charge in [0.05, 0.1) is 18.4 Å². The summed E-state index contributed by atoms with van der Waals surface area (Å²) < 4.78 is 4.89. The molecule has 12 heavy (non-hydrogen) atoms. The van der Waals surface area contributed by atoms with Crippen molar-refractivity contribution in [2.45, 2.75) is 0 Å². The summed E-state index contributed by atoms with van der Waals surface area (Å²) in [6, 6.07) is 3.36. The van der Waals surface area contributed by atoms with Gasteiger partial charge in [0, 0.05) is 0 Å². The van der Waals surface area contributed by atoms with Crippen molar-refractivity contribution in [3.8, 4) is 5.88 Å². The fraction of sp³-hybridized carbons (Fsp3) is 0.111. The molecule has 0 aliphatic carbocycles. The van der Waals surface area contributed by atoms with Gasteiger partial charge in [0.2, 0.25) is 5.88 Å². The molecule has 0 N–H and O–H groups in total. The first-order chi connectivity index (χ1) is 5.81. The third kappa shape index (κ3) is 1.50. The van der Waals surface area contributed by atoms with Gasteiger partial charge in [-0.3, -0.25) is 4.79 Å². The van der Waals surface area contributed by atoms with Crippen LogP contribution in [0.2, 0.25) is 0 Å². The summed E-state index contributed by atoms with van der Waals surface area (Å²) in [4.78, 5) is 14.4. The largest absolute Gasteiger partial charge is 0.480 e. The first-order valence-corrected chi connectivity index (χ1v) is 3.44. The van der Waals surface area contributed by atoms with Crippen LogP contribution in [0.4, 0.5) is 0 Å². The topological polar surface area (TPSA) is 39.2 Å². The van der Waals surface area contributed by atoms with Crippen molar-refractivity contribution >= 4 is 12.4 Å². The maximum atomic E-state index is 10.4. The van der Waals surface area contributed by atoms with E-state index in [0.717, 1.165) is 0 Å². The van der Waals surface area contributed by atoms with Gasteiger partial charge in [-0.25, -0.2) is 4.98 Å². The van der Waals surface area contributed by atoms with Crippen molar-refractivity contribution in [3.05, 3.63) is 30.0 Å². The Morgan fingerprint density at radius 2 is 2.33 bits per heavy atom. The lowest BCUT2D eigenvalue weighted by atomic mass is 10.2. The van der Waals surface area contributed by atoms with E-state index in [1.54, 1.807) is 18.2 Å². The number of methoxy groups -OCH3 is 1. The van der Waals surface area contributed by atoms with E-state index in [9.17, 15) is 4.79 Å². The van der Waals surface area contributed by atoms with Crippen molar-refractivity contribution in [1.29, 1.82) is 0 Å². The highest BCUT2D eigenvalue weighted by atomic mass is 16.5. The molecule has 1 heterocycles. The van der Waals surface area contributed by atoms with Crippen molar-refractivity contribution in [2.24, 2.45) is 0 Å². The predicted molar refractivity (Wildman–Crippen MR) is 46.3 cm³/mol. The Bertz CT molecular complexity index is 307. The molecule has 0 atom stereocenters. The highest BCUT2D eigenvalue weighted by Crippen LogP contribution is 2.13. The predicted octanol–water partition coefficient (Wildman–Crippen LogP) is 1.55. The minimum atomic E-state index is 0.336. The molecule has 0 spiro atoms. The van der Waals surface area contributed by atoms with Crippen LogP contribution in [0.5, 0.6) is 5.88 Å². The standard InChI is InChI=1S/C9H9NO2/c1-3-8-5-4-7(6-11)9(10-8)12-2/h3-6H,1H2,2H3. The van der Waals surface area contributed by atoms with Gasteiger partial charge in [-0.1, -0.05) is 6.58 Å². The smallest absolute Gasteiger partial charge is 0.224 e. The van der Waals surface area contributed by atoms with Gasteiger partial charge in [-0.05, 0) is 18.2 Å². The second-order valence-electron chi connectivity index (χ2n) is 2.16. The average molecular weight is 163 g/mol. The highest BCUT2D eigenvalue weighted by Gasteiger charge is 2.02. The minimum Gasteiger partial charge on any atom is -0.480 e. The zero-order valence-corrected chi connectivity index (χ0v) is 6.78. The van der Waals surface area contributed by atoms with Gasteiger partial charge in [-0.15, -0.1) is 0 Å². The summed E-state index contributed by atoms with van der Waals surface area (Å²) >= 11 is 0. The zero-order chi connectivity index (χ0) is 8.97. The molecule has 0 aliphatic rings. The molecule has 0 aromatic carbocycles. The first kappa shape index (κ1) is 8.46. The van der Waals surface area contributed by atoms with Crippen LogP contribution in [0.25, 0.3) is 6.08 Å². The third-order valence-corrected chi connectivity index (χ3v) is 1.44. The lowest BCUT2D eigenvalue weighted by Gasteiger charge is -2.01. The summed E-state index contributed by atoms with van der Waals surface area (Å²) in [6.07, 6.45) is 2.30. The molecule has 0 saturated heterocycles. The number of aldehydes is 1. The summed E-state index contributed by atoms with van der Waals surface area (Å²) in [5.74, 6) is 0.336. The van der Waals surface area contributed by atoms with Crippen LogP contribution in [0.15, 0.2) is 18.7 Å². The highest BCUT2D eigenvalue weighted by molar-refractivity contribution is 5.78. The average Bonchev–Trinajstić information content (AvgIpc) is 2.16. The SMILES string of the molecule is C=Cc1ccc(C=O)c(OC)n1. The third-order valence-electron chi connectivity index (χ3n) is 1.44. The summed E-state index contributed by atoms with van der Waals surface area (Å²) in [5, 5.41) is 0. The Balaban J connectivity index is 3.18. The Kier molecular flexibility index (Phi) is 2.58. The molecule has 0 aliphatic heterocycles. The molecule has 0 fully saturated rings. The molecule has 3 nitrogen and oxygen atoms in total. The van der Waals surface area contributed by atoms with Crippen LogP contribution in [0.1, 0.15) is 16.1 Å². The second-order valence-corrected chi connectivity index (χ2v) is 2.16. The maximum Gasteiger partial charge on any atom is 0.224 e. The van der Waals surface area contributed by atoms with Crippen molar-refractivity contribution in [3.63, 3.8) is 0 Å². The van der Waals surface area contributed by atoms with E-state index in [-0.39, 0.29) is 0 Å². The monoisotopic (exact) mass is 163 g/mol. The molecule has 62 valence electrons. The van der Waals surface area contributed by atoms with Crippen LogP contribution in [0, 0.1) is 0 Å². The maximum absolute atomic E-state index is 10.4. The van der Waals surface area contributed by atoms with E-state index >= 15 is 0 Å². The van der Waals surface area contributed by atoms with E-state index in [1.807, 2.05) is 0 Å². The van der Waals surface area contributed by atoms with Crippen molar-refractivity contribution in [2.75, 3.05) is 7.11 Å². The van der Waals surface area contributed by atoms with E-state index in [2.05, 4.69) is 11.6 Å². The van der Waals surface area contributed by atoms with Gasteiger partial charge < -0.3 is 4.74 Å². The molecular weight excluding hydrogens is 154 g/mol. The Labute approximate surface area is 70.7 Å². The molecule has 0 amide bonds. The number of aromatic nitrogens is 1. The van der Waals surface area contributed by atoms with Crippen LogP contribution in [-0.4, -0.2) is 18.4 Å². The van der Waals surface area contributed by atoms with Crippen LogP contribution in [-0.2, 0) is 0 Å². The van der Waals surface area contributed by atoms with E-state index in [1.165, 1.54) is 7.11 Å². The lowest BCUT2D eigenvalue weighted by Crippen LogP contribution is -1.94. The van der Waals surface area contributed by atoms with Crippen molar-refractivity contribution < 1.29 is 9.53 Å². The molecule has 0 bridgehead atoms. The molecule has 3 heteroatoms. The number of hydrogen-bond acceptors (Lipinski definition) is 3. The number of carbonyl (C=O) groups is 1. The summed E-state index contributed by atoms with van der Waals surface area (Å²) in [5.41, 5.74) is 1.14. The number of ether oxygens (including phenoxy) is 1. The Morgan fingerprint density at radius 3 is 2.83 bits per heavy atom.